The Bertz CT molecular complexity index is 831. The lowest BCUT2D eigenvalue weighted by molar-refractivity contribution is -0.706. The standard InChI is InChI=1S/C21H22N2O3/c1-15(21(24)23-17-10-6-11-18(14-17)25-2)22-20(19-12-7-13-26-19)16-8-4-3-5-9-16/h3-15,20,22H,1-2H3,(H,23,24)/p+1/t15-,20+/m1/s1. The van der Waals surface area contributed by atoms with E-state index >= 15 is 0 Å². The second-order valence-electron chi connectivity index (χ2n) is 6.11. The molecule has 1 heterocycles. The molecule has 1 amide bonds. The van der Waals surface area contributed by atoms with Crippen LogP contribution in [-0.4, -0.2) is 19.1 Å². The molecule has 0 unspecified atom stereocenters. The molecule has 0 spiro atoms. The number of rotatable bonds is 7. The molecule has 2 atom stereocenters. The van der Waals surface area contributed by atoms with Crippen molar-refractivity contribution in [1.29, 1.82) is 0 Å². The molecule has 0 saturated carbocycles. The van der Waals surface area contributed by atoms with E-state index in [4.69, 9.17) is 9.15 Å². The number of amides is 1. The second-order valence-corrected chi connectivity index (χ2v) is 6.11. The minimum absolute atomic E-state index is 0.0780. The SMILES string of the molecule is COc1cccc(NC(=O)[C@@H](C)[NH2+][C@@H](c2ccccc2)c2ccco2)c1. The first kappa shape index (κ1) is 17.8. The maximum atomic E-state index is 12.6. The van der Waals surface area contributed by atoms with Crippen LogP contribution in [0, 0.1) is 0 Å². The van der Waals surface area contributed by atoms with E-state index in [0.717, 1.165) is 11.3 Å². The molecular weight excluding hydrogens is 328 g/mol. The molecule has 3 aromatic rings. The Kier molecular flexibility index (Phi) is 5.71. The van der Waals surface area contributed by atoms with Crippen LogP contribution >= 0.6 is 0 Å². The summed E-state index contributed by atoms with van der Waals surface area (Å²) in [7, 11) is 1.60. The van der Waals surface area contributed by atoms with Gasteiger partial charge in [-0.15, -0.1) is 0 Å². The van der Waals surface area contributed by atoms with E-state index in [0.29, 0.717) is 11.4 Å². The van der Waals surface area contributed by atoms with Crippen LogP contribution in [0.2, 0.25) is 0 Å². The molecule has 5 nitrogen and oxygen atoms in total. The number of hydrogen-bond acceptors (Lipinski definition) is 3. The zero-order valence-electron chi connectivity index (χ0n) is 14.9. The molecule has 0 aliphatic heterocycles. The van der Waals surface area contributed by atoms with Gasteiger partial charge in [-0.1, -0.05) is 36.4 Å². The monoisotopic (exact) mass is 351 g/mol. The van der Waals surface area contributed by atoms with E-state index in [1.807, 2.05) is 72.9 Å². The molecule has 134 valence electrons. The van der Waals surface area contributed by atoms with Crippen molar-refractivity contribution in [1.82, 2.24) is 0 Å². The van der Waals surface area contributed by atoms with Gasteiger partial charge in [-0.25, -0.2) is 0 Å². The van der Waals surface area contributed by atoms with Crippen molar-refractivity contribution in [2.45, 2.75) is 19.0 Å². The van der Waals surface area contributed by atoms with Crippen molar-refractivity contribution < 1.29 is 19.3 Å². The zero-order chi connectivity index (χ0) is 18.4. The van der Waals surface area contributed by atoms with Crippen LogP contribution in [0.3, 0.4) is 0 Å². The van der Waals surface area contributed by atoms with E-state index in [-0.39, 0.29) is 18.0 Å². The molecule has 3 N–H and O–H groups in total. The lowest BCUT2D eigenvalue weighted by Gasteiger charge is -2.19. The van der Waals surface area contributed by atoms with Gasteiger partial charge in [-0.2, -0.15) is 0 Å². The number of furan rings is 1. The normalized spacial score (nSPS) is 13.0. The van der Waals surface area contributed by atoms with Gasteiger partial charge in [0.05, 0.1) is 13.4 Å². The molecular formula is C21H23N2O3+. The van der Waals surface area contributed by atoms with Gasteiger partial charge >= 0.3 is 0 Å². The quantitative estimate of drug-likeness (QED) is 0.688. The molecule has 26 heavy (non-hydrogen) atoms. The summed E-state index contributed by atoms with van der Waals surface area (Å²) in [6, 6.07) is 20.7. The number of methoxy groups -OCH3 is 1. The van der Waals surface area contributed by atoms with Crippen molar-refractivity contribution in [3.8, 4) is 5.75 Å². The Balaban J connectivity index is 1.73. The minimum Gasteiger partial charge on any atom is -0.497 e. The maximum Gasteiger partial charge on any atom is 0.282 e. The molecule has 0 aliphatic carbocycles. The third-order valence-electron chi connectivity index (χ3n) is 4.24. The van der Waals surface area contributed by atoms with Gasteiger partial charge in [-0.05, 0) is 31.2 Å². The lowest BCUT2D eigenvalue weighted by Crippen LogP contribution is -2.92. The maximum absolute atomic E-state index is 12.6. The fourth-order valence-corrected chi connectivity index (χ4v) is 2.83. The van der Waals surface area contributed by atoms with Gasteiger partial charge < -0.3 is 19.8 Å². The molecule has 0 bridgehead atoms. The highest BCUT2D eigenvalue weighted by Crippen LogP contribution is 2.19. The molecule has 0 aliphatic rings. The summed E-state index contributed by atoms with van der Waals surface area (Å²) < 4.78 is 10.8. The van der Waals surface area contributed by atoms with Crippen LogP contribution in [0.1, 0.15) is 24.3 Å². The Hall–Kier alpha value is -3.05. The summed E-state index contributed by atoms with van der Waals surface area (Å²) in [4.78, 5) is 12.6. The number of ether oxygens (including phenoxy) is 1. The van der Waals surface area contributed by atoms with Crippen LogP contribution in [0.15, 0.2) is 77.4 Å². The highest BCUT2D eigenvalue weighted by Gasteiger charge is 2.26. The molecule has 1 aromatic heterocycles. The van der Waals surface area contributed by atoms with Crippen LogP contribution in [0.4, 0.5) is 5.69 Å². The number of hydrogen-bond donors (Lipinski definition) is 2. The second kappa shape index (κ2) is 8.36. The summed E-state index contributed by atoms with van der Waals surface area (Å²) >= 11 is 0. The number of carbonyl (C=O) groups excluding carboxylic acids is 1. The zero-order valence-corrected chi connectivity index (χ0v) is 14.9. The number of nitrogens with one attached hydrogen (secondary N) is 1. The Morgan fingerprint density at radius 3 is 2.58 bits per heavy atom. The van der Waals surface area contributed by atoms with Crippen LogP contribution in [-0.2, 0) is 4.79 Å². The van der Waals surface area contributed by atoms with E-state index in [1.54, 1.807) is 19.4 Å². The van der Waals surface area contributed by atoms with Gasteiger partial charge in [0, 0.05) is 17.3 Å². The van der Waals surface area contributed by atoms with Gasteiger partial charge in [0.15, 0.2) is 17.8 Å². The van der Waals surface area contributed by atoms with Gasteiger partial charge in [0.2, 0.25) is 0 Å². The van der Waals surface area contributed by atoms with Crippen LogP contribution in [0.5, 0.6) is 5.75 Å². The van der Waals surface area contributed by atoms with E-state index in [2.05, 4.69) is 5.32 Å². The number of benzene rings is 2. The molecule has 3 rings (SSSR count). The number of carbonyl (C=O) groups is 1. The minimum atomic E-state index is -0.309. The summed E-state index contributed by atoms with van der Waals surface area (Å²) in [5.74, 6) is 1.44. The summed E-state index contributed by atoms with van der Waals surface area (Å²) in [6.07, 6.45) is 1.65. The van der Waals surface area contributed by atoms with E-state index in [9.17, 15) is 4.79 Å². The first-order chi connectivity index (χ1) is 12.7. The fourth-order valence-electron chi connectivity index (χ4n) is 2.83. The van der Waals surface area contributed by atoms with E-state index in [1.165, 1.54) is 0 Å². The van der Waals surface area contributed by atoms with Gasteiger partial charge in [0.1, 0.15) is 5.75 Å². The molecule has 2 aromatic carbocycles. The Morgan fingerprint density at radius 1 is 1.08 bits per heavy atom. The summed E-state index contributed by atoms with van der Waals surface area (Å²) in [6.45, 7) is 1.88. The summed E-state index contributed by atoms with van der Waals surface area (Å²) in [5, 5.41) is 4.94. The highest BCUT2D eigenvalue weighted by molar-refractivity contribution is 5.93. The van der Waals surface area contributed by atoms with Crippen molar-refractivity contribution in [2.75, 3.05) is 12.4 Å². The predicted octanol–water partition coefficient (Wildman–Crippen LogP) is 2.97. The van der Waals surface area contributed by atoms with Crippen LogP contribution < -0.4 is 15.4 Å². The predicted molar refractivity (Wildman–Crippen MR) is 100 cm³/mol. The average Bonchev–Trinajstić information content (AvgIpc) is 3.21. The topological polar surface area (TPSA) is 68.1 Å². The van der Waals surface area contributed by atoms with E-state index < -0.39 is 0 Å². The Labute approximate surface area is 153 Å². The first-order valence-corrected chi connectivity index (χ1v) is 8.55. The van der Waals surface area contributed by atoms with Crippen molar-refractivity contribution in [3.63, 3.8) is 0 Å². The van der Waals surface area contributed by atoms with Gasteiger partial charge in [-0.3, -0.25) is 4.79 Å². The van der Waals surface area contributed by atoms with Crippen molar-refractivity contribution >= 4 is 11.6 Å². The van der Waals surface area contributed by atoms with Crippen molar-refractivity contribution in [2.24, 2.45) is 0 Å². The number of quaternary nitrogens is 1. The smallest absolute Gasteiger partial charge is 0.282 e. The molecule has 0 fully saturated rings. The molecule has 0 radical (unpaired) electrons. The summed E-state index contributed by atoms with van der Waals surface area (Å²) in [5.41, 5.74) is 1.80. The molecule has 0 saturated heterocycles. The largest absolute Gasteiger partial charge is 0.497 e. The Morgan fingerprint density at radius 2 is 1.88 bits per heavy atom. The average molecular weight is 351 g/mol. The third kappa shape index (κ3) is 4.32. The highest BCUT2D eigenvalue weighted by atomic mass is 16.5. The number of nitrogens with two attached hydrogens (primary N) is 1. The van der Waals surface area contributed by atoms with Crippen LogP contribution in [0.25, 0.3) is 0 Å². The van der Waals surface area contributed by atoms with Crippen molar-refractivity contribution in [3.05, 3.63) is 84.3 Å². The number of anilines is 1. The lowest BCUT2D eigenvalue weighted by atomic mass is 10.0. The third-order valence-corrected chi connectivity index (χ3v) is 4.24. The fraction of sp³-hybridized carbons (Fsp3) is 0.190. The first-order valence-electron chi connectivity index (χ1n) is 8.55. The molecule has 5 heteroatoms. The van der Waals surface area contributed by atoms with Gasteiger partial charge in [0.25, 0.3) is 5.91 Å².